The maximum Gasteiger partial charge on any atom is 0.279 e. The number of hydrogen-bond acceptors (Lipinski definition) is 5. The van der Waals surface area contributed by atoms with Gasteiger partial charge in [0.15, 0.2) is 0 Å². The van der Waals surface area contributed by atoms with E-state index in [-0.39, 0.29) is 5.91 Å². The third-order valence-electron chi connectivity index (χ3n) is 5.93. The molecule has 1 saturated heterocycles. The van der Waals surface area contributed by atoms with Gasteiger partial charge in [0.1, 0.15) is 5.75 Å². The van der Waals surface area contributed by atoms with Crippen LogP contribution in [0.15, 0.2) is 54.2 Å². The van der Waals surface area contributed by atoms with E-state index in [1.165, 1.54) is 16.7 Å². The van der Waals surface area contributed by atoms with Crippen LogP contribution in [0.4, 0.5) is 0 Å². The molecule has 0 spiro atoms. The molecule has 2 aromatic carbocycles. The number of rotatable bonds is 5. The van der Waals surface area contributed by atoms with Crippen LogP contribution in [0.1, 0.15) is 18.1 Å². The number of fused-ring (bicyclic) bond motifs is 2. The van der Waals surface area contributed by atoms with Crippen LogP contribution in [0.5, 0.6) is 10.9 Å². The molecule has 0 bridgehead atoms. The van der Waals surface area contributed by atoms with Gasteiger partial charge in [0.25, 0.3) is 5.19 Å². The molecule has 0 saturated carbocycles. The first-order valence-corrected chi connectivity index (χ1v) is 11.2. The van der Waals surface area contributed by atoms with E-state index in [0.29, 0.717) is 11.1 Å². The highest BCUT2D eigenvalue weighted by atomic mass is 32.1. The number of aryl methyl sites for hydroxylation is 1. The van der Waals surface area contributed by atoms with E-state index in [1.54, 1.807) is 18.3 Å². The van der Waals surface area contributed by atoms with Crippen molar-refractivity contribution in [3.05, 3.63) is 65.4 Å². The zero-order valence-corrected chi connectivity index (χ0v) is 18.1. The molecular formula is C24H25N3O2S. The standard InChI is InChI=1S/C24H25N3O2S/c1-16-3-8-22-23(11-16)30-24(25-22)29-21-6-4-18(5-7-21)9-10-26-12-19-14-27(17(2)28)15-20(19)13-26/h3-8,11-12,20H,9-10,13-15H2,1-2H3. The zero-order valence-electron chi connectivity index (χ0n) is 17.3. The summed E-state index contributed by atoms with van der Waals surface area (Å²) in [5.74, 6) is 1.51. The maximum absolute atomic E-state index is 11.5. The second-order valence-corrected chi connectivity index (χ2v) is 9.24. The molecule has 0 radical (unpaired) electrons. The number of aromatic nitrogens is 1. The molecule has 1 aromatic heterocycles. The minimum absolute atomic E-state index is 0.181. The van der Waals surface area contributed by atoms with E-state index < -0.39 is 0 Å². The van der Waals surface area contributed by atoms with E-state index in [4.69, 9.17) is 4.74 Å². The van der Waals surface area contributed by atoms with Crippen molar-refractivity contribution in [1.29, 1.82) is 0 Å². The summed E-state index contributed by atoms with van der Waals surface area (Å²) in [5.41, 5.74) is 4.91. The summed E-state index contributed by atoms with van der Waals surface area (Å²) >= 11 is 1.58. The predicted molar refractivity (Wildman–Crippen MR) is 120 cm³/mol. The quantitative estimate of drug-likeness (QED) is 0.606. The van der Waals surface area contributed by atoms with E-state index in [2.05, 4.69) is 47.3 Å². The van der Waals surface area contributed by atoms with Crippen LogP contribution in [0, 0.1) is 12.8 Å². The molecule has 0 N–H and O–H groups in total. The van der Waals surface area contributed by atoms with Crippen molar-refractivity contribution in [1.82, 2.24) is 14.8 Å². The Balaban J connectivity index is 1.16. The van der Waals surface area contributed by atoms with Gasteiger partial charge in [-0.2, -0.15) is 0 Å². The molecule has 30 heavy (non-hydrogen) atoms. The second kappa shape index (κ2) is 7.76. The van der Waals surface area contributed by atoms with Crippen LogP contribution in [0.25, 0.3) is 10.2 Å². The second-order valence-electron chi connectivity index (χ2n) is 8.24. The van der Waals surface area contributed by atoms with Crippen LogP contribution >= 0.6 is 11.3 Å². The smallest absolute Gasteiger partial charge is 0.279 e. The number of benzene rings is 2. The minimum atomic E-state index is 0.181. The molecule has 0 aliphatic carbocycles. The fourth-order valence-electron chi connectivity index (χ4n) is 4.24. The Kier molecular flexibility index (Phi) is 4.95. The number of likely N-dealkylation sites (tertiary alicyclic amines) is 1. The van der Waals surface area contributed by atoms with Gasteiger partial charge in [0, 0.05) is 45.2 Å². The SMILES string of the molecule is CC(=O)N1CC2=CN(CCc3ccc(Oc4nc5ccc(C)cc5s4)cc3)CC2C1. The molecular weight excluding hydrogens is 394 g/mol. The van der Waals surface area contributed by atoms with Crippen molar-refractivity contribution in [2.45, 2.75) is 20.3 Å². The molecule has 1 atom stereocenters. The topological polar surface area (TPSA) is 45.7 Å². The highest BCUT2D eigenvalue weighted by molar-refractivity contribution is 7.20. The highest BCUT2D eigenvalue weighted by Gasteiger charge is 2.33. The van der Waals surface area contributed by atoms with Gasteiger partial charge in [-0.1, -0.05) is 29.5 Å². The van der Waals surface area contributed by atoms with Crippen molar-refractivity contribution < 1.29 is 9.53 Å². The summed E-state index contributed by atoms with van der Waals surface area (Å²) in [7, 11) is 0. The average Bonchev–Trinajstić information content (AvgIpc) is 3.39. The molecule has 3 aromatic rings. The lowest BCUT2D eigenvalue weighted by molar-refractivity contribution is -0.127. The van der Waals surface area contributed by atoms with Gasteiger partial charge in [-0.25, -0.2) is 4.98 Å². The number of amides is 1. The van der Waals surface area contributed by atoms with Crippen molar-refractivity contribution in [2.75, 3.05) is 26.2 Å². The summed E-state index contributed by atoms with van der Waals surface area (Å²) in [6, 6.07) is 14.6. The monoisotopic (exact) mass is 419 g/mol. The van der Waals surface area contributed by atoms with Gasteiger partial charge >= 0.3 is 0 Å². The van der Waals surface area contributed by atoms with Crippen molar-refractivity contribution in [2.24, 2.45) is 5.92 Å². The fraction of sp³-hybridized carbons (Fsp3) is 0.333. The summed E-state index contributed by atoms with van der Waals surface area (Å²) < 4.78 is 7.12. The largest absolute Gasteiger partial charge is 0.431 e. The van der Waals surface area contributed by atoms with Gasteiger partial charge in [-0.3, -0.25) is 4.79 Å². The Labute approximate surface area is 180 Å². The highest BCUT2D eigenvalue weighted by Crippen LogP contribution is 2.32. The lowest BCUT2D eigenvalue weighted by Gasteiger charge is -2.20. The Morgan fingerprint density at radius 3 is 2.80 bits per heavy atom. The molecule has 5 nitrogen and oxygen atoms in total. The Bertz CT molecular complexity index is 1120. The van der Waals surface area contributed by atoms with Crippen LogP contribution in [0.2, 0.25) is 0 Å². The summed E-state index contributed by atoms with van der Waals surface area (Å²) in [4.78, 5) is 20.4. The van der Waals surface area contributed by atoms with Crippen molar-refractivity contribution in [3.63, 3.8) is 0 Å². The van der Waals surface area contributed by atoms with Gasteiger partial charge in [0.05, 0.1) is 10.2 Å². The first-order chi connectivity index (χ1) is 14.5. The van der Waals surface area contributed by atoms with E-state index in [0.717, 1.165) is 48.6 Å². The lowest BCUT2D eigenvalue weighted by Crippen LogP contribution is -2.29. The number of thiazole rings is 1. The zero-order chi connectivity index (χ0) is 20.7. The first-order valence-electron chi connectivity index (χ1n) is 10.4. The van der Waals surface area contributed by atoms with Crippen LogP contribution in [-0.4, -0.2) is 46.9 Å². The Morgan fingerprint density at radius 1 is 1.20 bits per heavy atom. The molecule has 3 heterocycles. The maximum atomic E-state index is 11.5. The number of carbonyl (C=O) groups excluding carboxylic acids is 1. The predicted octanol–water partition coefficient (Wildman–Crippen LogP) is 4.62. The average molecular weight is 420 g/mol. The number of nitrogens with zero attached hydrogens (tertiary/aromatic N) is 3. The molecule has 154 valence electrons. The first kappa shape index (κ1) is 19.1. The van der Waals surface area contributed by atoms with Gasteiger partial charge in [-0.05, 0) is 54.3 Å². The third-order valence-corrected chi connectivity index (χ3v) is 6.82. The third kappa shape index (κ3) is 3.92. The molecule has 2 aliphatic heterocycles. The van der Waals surface area contributed by atoms with E-state index in [1.807, 2.05) is 23.1 Å². The lowest BCUT2D eigenvalue weighted by atomic mass is 10.1. The van der Waals surface area contributed by atoms with E-state index >= 15 is 0 Å². The van der Waals surface area contributed by atoms with Crippen molar-refractivity contribution in [3.8, 4) is 10.9 Å². The number of carbonyl (C=O) groups is 1. The van der Waals surface area contributed by atoms with E-state index in [9.17, 15) is 4.79 Å². The molecule has 2 aliphatic rings. The number of ether oxygens (including phenoxy) is 1. The summed E-state index contributed by atoms with van der Waals surface area (Å²) in [6.07, 6.45) is 3.26. The summed E-state index contributed by atoms with van der Waals surface area (Å²) in [6.45, 7) is 7.44. The van der Waals surface area contributed by atoms with Crippen LogP contribution < -0.4 is 4.74 Å². The fourth-order valence-corrected chi connectivity index (χ4v) is 5.17. The van der Waals surface area contributed by atoms with Gasteiger partial charge in [-0.15, -0.1) is 0 Å². The molecule has 1 fully saturated rings. The van der Waals surface area contributed by atoms with Crippen molar-refractivity contribution >= 4 is 27.5 Å². The molecule has 5 rings (SSSR count). The molecule has 6 heteroatoms. The van der Waals surface area contributed by atoms with Gasteiger partial charge in [0.2, 0.25) is 5.91 Å². The molecule has 1 unspecified atom stereocenters. The van der Waals surface area contributed by atoms with Crippen LogP contribution in [-0.2, 0) is 11.2 Å². The normalized spacial score (nSPS) is 18.1. The Hall–Kier alpha value is -2.86. The Morgan fingerprint density at radius 2 is 2.03 bits per heavy atom. The van der Waals surface area contributed by atoms with Crippen LogP contribution in [0.3, 0.4) is 0 Å². The van der Waals surface area contributed by atoms with Gasteiger partial charge < -0.3 is 14.5 Å². The number of hydrogen-bond donors (Lipinski definition) is 0. The summed E-state index contributed by atoms with van der Waals surface area (Å²) in [5, 5.41) is 0.679. The minimum Gasteiger partial charge on any atom is -0.431 e. The molecule has 1 amide bonds.